The van der Waals surface area contributed by atoms with E-state index in [2.05, 4.69) is 20.1 Å². The predicted molar refractivity (Wildman–Crippen MR) is 113 cm³/mol. The van der Waals surface area contributed by atoms with E-state index >= 15 is 0 Å². The minimum Gasteiger partial charge on any atom is -0.386 e. The number of piperazine rings is 1. The van der Waals surface area contributed by atoms with Crippen molar-refractivity contribution in [3.63, 3.8) is 0 Å². The number of aliphatic hydroxyl groups is 1. The number of carbonyl (C=O) groups excluding carboxylic acids is 1. The number of halogens is 1. The van der Waals surface area contributed by atoms with Crippen molar-refractivity contribution in [3.8, 4) is 0 Å². The zero-order valence-electron chi connectivity index (χ0n) is 17.6. The lowest BCUT2D eigenvalue weighted by Gasteiger charge is -2.37. The van der Waals surface area contributed by atoms with Crippen molar-refractivity contribution in [3.05, 3.63) is 35.6 Å². The Morgan fingerprint density at radius 2 is 1.80 bits per heavy atom. The summed E-state index contributed by atoms with van der Waals surface area (Å²) in [5.41, 5.74) is 0.641. The maximum Gasteiger partial charge on any atom is 0.236 e. The highest BCUT2D eigenvalue weighted by Crippen LogP contribution is 2.14. The number of hydrogen-bond acceptors (Lipinski definition) is 5. The van der Waals surface area contributed by atoms with Gasteiger partial charge in [-0.25, -0.2) is 4.39 Å². The quantitative estimate of drug-likeness (QED) is 0.508. The van der Waals surface area contributed by atoms with Crippen LogP contribution in [0.4, 0.5) is 4.39 Å². The third kappa shape index (κ3) is 6.38. The zero-order chi connectivity index (χ0) is 21.3. The summed E-state index contributed by atoms with van der Waals surface area (Å²) < 4.78 is 18.4. The molecule has 2 aliphatic heterocycles. The highest BCUT2D eigenvalue weighted by Gasteiger charge is 2.24. The van der Waals surface area contributed by atoms with Crippen molar-refractivity contribution < 1.29 is 19.0 Å². The highest BCUT2D eigenvalue weighted by atomic mass is 19.1. The molecule has 8 nitrogen and oxygen atoms in total. The molecule has 0 spiro atoms. The van der Waals surface area contributed by atoms with Crippen molar-refractivity contribution in [2.24, 2.45) is 4.99 Å². The first-order valence-electron chi connectivity index (χ1n) is 10.6. The van der Waals surface area contributed by atoms with Crippen LogP contribution in [0, 0.1) is 5.82 Å². The fraction of sp³-hybridized carbons (Fsp3) is 0.619. The predicted octanol–water partition coefficient (Wildman–Crippen LogP) is 0.301. The number of guanidine groups is 1. The second-order valence-corrected chi connectivity index (χ2v) is 7.52. The number of nitrogens with zero attached hydrogens (tertiary/aromatic N) is 4. The van der Waals surface area contributed by atoms with Gasteiger partial charge in [-0.05, 0) is 24.6 Å². The Morgan fingerprint density at radius 3 is 2.43 bits per heavy atom. The number of aliphatic hydroxyl groups excluding tert-OH is 1. The standard InChI is InChI=1S/C21H32FN5O3/c1-2-23-21(24-15-19(28)17-3-5-18(22)6-4-17)27-9-7-25(8-10-27)16-20(29)26-11-13-30-14-12-26/h3-6,19,28H,2,7-16H2,1H3,(H,23,24). The first-order valence-corrected chi connectivity index (χ1v) is 10.6. The second-order valence-electron chi connectivity index (χ2n) is 7.52. The van der Waals surface area contributed by atoms with Crippen molar-refractivity contribution in [2.75, 3.05) is 72.1 Å². The Labute approximate surface area is 177 Å². The van der Waals surface area contributed by atoms with Crippen LogP contribution in [-0.4, -0.2) is 104 Å². The van der Waals surface area contributed by atoms with E-state index in [1.807, 2.05) is 11.8 Å². The molecule has 0 aliphatic carbocycles. The lowest BCUT2D eigenvalue weighted by molar-refractivity contribution is -0.136. The summed E-state index contributed by atoms with van der Waals surface area (Å²) in [6.07, 6.45) is -0.785. The van der Waals surface area contributed by atoms with Crippen LogP contribution < -0.4 is 5.32 Å². The molecule has 1 aromatic carbocycles. The molecule has 2 aliphatic rings. The fourth-order valence-electron chi connectivity index (χ4n) is 3.61. The first-order chi connectivity index (χ1) is 14.6. The topological polar surface area (TPSA) is 80.6 Å². The largest absolute Gasteiger partial charge is 0.386 e. The lowest BCUT2D eigenvalue weighted by atomic mass is 10.1. The van der Waals surface area contributed by atoms with Gasteiger partial charge < -0.3 is 25.0 Å². The zero-order valence-corrected chi connectivity index (χ0v) is 17.6. The fourth-order valence-corrected chi connectivity index (χ4v) is 3.61. The van der Waals surface area contributed by atoms with Gasteiger partial charge in [-0.2, -0.15) is 0 Å². The summed E-state index contributed by atoms with van der Waals surface area (Å²) in [6.45, 7) is 9.01. The summed E-state index contributed by atoms with van der Waals surface area (Å²) in [5, 5.41) is 13.6. The van der Waals surface area contributed by atoms with E-state index in [0.717, 1.165) is 38.7 Å². The van der Waals surface area contributed by atoms with Crippen molar-refractivity contribution in [1.29, 1.82) is 0 Å². The summed E-state index contributed by atoms with van der Waals surface area (Å²) in [6, 6.07) is 5.83. The SMILES string of the molecule is CCNC(=NCC(O)c1ccc(F)cc1)N1CCN(CC(=O)N2CCOCC2)CC1. The molecule has 2 saturated heterocycles. The molecule has 1 unspecified atom stereocenters. The summed E-state index contributed by atoms with van der Waals surface area (Å²) in [5.74, 6) is 0.584. The molecule has 1 atom stereocenters. The minimum atomic E-state index is -0.785. The molecule has 166 valence electrons. The molecular weight excluding hydrogens is 389 g/mol. The maximum atomic E-state index is 13.1. The first kappa shape index (κ1) is 22.5. The van der Waals surface area contributed by atoms with E-state index in [1.54, 1.807) is 12.1 Å². The van der Waals surface area contributed by atoms with E-state index in [9.17, 15) is 14.3 Å². The smallest absolute Gasteiger partial charge is 0.236 e. The monoisotopic (exact) mass is 421 g/mol. The van der Waals surface area contributed by atoms with E-state index in [-0.39, 0.29) is 18.3 Å². The summed E-state index contributed by atoms with van der Waals surface area (Å²) in [7, 11) is 0. The number of benzene rings is 1. The van der Waals surface area contributed by atoms with Crippen LogP contribution in [0.15, 0.2) is 29.3 Å². The number of ether oxygens (including phenoxy) is 1. The van der Waals surface area contributed by atoms with Gasteiger partial charge in [0.25, 0.3) is 0 Å². The molecule has 2 heterocycles. The molecule has 2 N–H and O–H groups in total. The van der Waals surface area contributed by atoms with Crippen LogP contribution >= 0.6 is 0 Å². The third-order valence-corrected chi connectivity index (χ3v) is 5.40. The van der Waals surface area contributed by atoms with Gasteiger partial charge >= 0.3 is 0 Å². The Balaban J connectivity index is 1.50. The van der Waals surface area contributed by atoms with Gasteiger partial charge in [-0.1, -0.05) is 12.1 Å². The normalized spacial score (nSPS) is 19.6. The van der Waals surface area contributed by atoms with Crippen molar-refractivity contribution >= 4 is 11.9 Å². The number of aliphatic imine (C=N–C) groups is 1. The van der Waals surface area contributed by atoms with E-state index in [4.69, 9.17) is 4.74 Å². The molecule has 0 radical (unpaired) electrons. The van der Waals surface area contributed by atoms with Crippen molar-refractivity contribution in [1.82, 2.24) is 20.0 Å². The molecule has 0 aromatic heterocycles. The number of nitrogens with one attached hydrogen (secondary N) is 1. The summed E-state index contributed by atoms with van der Waals surface area (Å²) >= 11 is 0. The Bertz CT molecular complexity index is 701. The minimum absolute atomic E-state index is 0.162. The van der Waals surface area contributed by atoms with Gasteiger partial charge in [0.15, 0.2) is 5.96 Å². The average molecular weight is 422 g/mol. The lowest BCUT2D eigenvalue weighted by Crippen LogP contribution is -2.55. The molecule has 0 saturated carbocycles. The second kappa shape index (κ2) is 11.2. The van der Waals surface area contributed by atoms with Gasteiger partial charge in [-0.15, -0.1) is 0 Å². The molecule has 2 fully saturated rings. The molecule has 3 rings (SSSR count). The van der Waals surface area contributed by atoms with Crippen molar-refractivity contribution in [2.45, 2.75) is 13.0 Å². The van der Waals surface area contributed by atoms with Crippen LogP contribution in [0.2, 0.25) is 0 Å². The van der Waals surface area contributed by atoms with E-state index in [1.165, 1.54) is 12.1 Å². The molecule has 1 aromatic rings. The number of amides is 1. The molecular formula is C21H32FN5O3. The Morgan fingerprint density at radius 1 is 1.13 bits per heavy atom. The number of morpholine rings is 1. The van der Waals surface area contributed by atoms with Crippen LogP contribution in [0.1, 0.15) is 18.6 Å². The Hall–Kier alpha value is -2.23. The van der Waals surface area contributed by atoms with Gasteiger partial charge in [0.1, 0.15) is 5.82 Å². The van der Waals surface area contributed by atoms with E-state index < -0.39 is 6.10 Å². The van der Waals surface area contributed by atoms with Crippen LogP contribution in [0.3, 0.4) is 0 Å². The molecule has 9 heteroatoms. The van der Waals surface area contributed by atoms with Gasteiger partial charge in [0, 0.05) is 45.8 Å². The number of carbonyl (C=O) groups is 1. The molecule has 1 amide bonds. The third-order valence-electron chi connectivity index (χ3n) is 5.40. The number of rotatable bonds is 6. The van der Waals surface area contributed by atoms with Crippen LogP contribution in [-0.2, 0) is 9.53 Å². The molecule has 30 heavy (non-hydrogen) atoms. The van der Waals surface area contributed by atoms with Gasteiger partial charge in [-0.3, -0.25) is 14.7 Å². The van der Waals surface area contributed by atoms with Gasteiger partial charge in [0.2, 0.25) is 5.91 Å². The van der Waals surface area contributed by atoms with Crippen LogP contribution in [0.5, 0.6) is 0 Å². The molecule has 0 bridgehead atoms. The highest BCUT2D eigenvalue weighted by molar-refractivity contribution is 5.80. The van der Waals surface area contributed by atoms with E-state index in [0.29, 0.717) is 38.4 Å². The average Bonchev–Trinajstić information content (AvgIpc) is 2.78. The Kier molecular flexibility index (Phi) is 8.41. The van der Waals surface area contributed by atoms with Crippen LogP contribution in [0.25, 0.3) is 0 Å². The summed E-state index contributed by atoms with van der Waals surface area (Å²) in [4.78, 5) is 23.2. The van der Waals surface area contributed by atoms with Gasteiger partial charge in [0.05, 0.1) is 32.4 Å². The maximum absolute atomic E-state index is 13.1. The number of hydrogen-bond donors (Lipinski definition) is 2.